The number of hydrogen-bond donors (Lipinski definition) is 1. The zero-order chi connectivity index (χ0) is 15.7. The minimum absolute atomic E-state index is 0.00912. The van der Waals surface area contributed by atoms with Crippen LogP contribution in [0.15, 0.2) is 11.4 Å². The van der Waals surface area contributed by atoms with Crippen LogP contribution >= 0.6 is 11.3 Å². The van der Waals surface area contributed by atoms with Crippen molar-refractivity contribution in [1.29, 1.82) is 0 Å². The number of nitrogens with zero attached hydrogens (tertiary/aromatic N) is 1. The van der Waals surface area contributed by atoms with Crippen LogP contribution in [-0.2, 0) is 27.6 Å². The Morgan fingerprint density at radius 2 is 2.36 bits per heavy atom. The lowest BCUT2D eigenvalue weighted by atomic mass is 10.1. The molecule has 3 heterocycles. The molecule has 7 heteroatoms. The third kappa shape index (κ3) is 3.52. The topological polar surface area (TPSA) is 66.5 Å². The Bertz CT molecular complexity index is 653. The first-order chi connectivity index (χ1) is 10.4. The van der Waals surface area contributed by atoms with Crippen LogP contribution in [0.25, 0.3) is 0 Å². The molecule has 0 spiro atoms. The van der Waals surface area contributed by atoms with Gasteiger partial charge in [0, 0.05) is 30.6 Å². The maximum atomic E-state index is 12.1. The van der Waals surface area contributed by atoms with Crippen LogP contribution in [0.2, 0.25) is 0 Å². The minimum Gasteiger partial charge on any atom is -0.354 e. The summed E-state index contributed by atoms with van der Waals surface area (Å²) in [6.45, 7) is 4.65. The summed E-state index contributed by atoms with van der Waals surface area (Å²) < 4.78 is 22.9. The molecule has 2 atom stereocenters. The standard InChI is InChI=1S/C15H22N2O3S2/c1-11(17-5-2-14-12(9-17)3-6-21-14)8-16-15(18)13-4-7-22(19,20)10-13/h3,6,11,13H,2,4-5,7-10H2,1H3,(H,16,18)/t11-,13-/m1/s1. The van der Waals surface area contributed by atoms with Crippen molar-refractivity contribution in [2.45, 2.75) is 32.4 Å². The number of hydrogen-bond acceptors (Lipinski definition) is 5. The van der Waals surface area contributed by atoms with Crippen molar-refractivity contribution in [3.63, 3.8) is 0 Å². The van der Waals surface area contributed by atoms with E-state index in [4.69, 9.17) is 0 Å². The third-order valence-corrected chi connectivity index (χ3v) is 7.43. The summed E-state index contributed by atoms with van der Waals surface area (Å²) in [6.07, 6.45) is 1.54. The van der Waals surface area contributed by atoms with E-state index in [-0.39, 0.29) is 29.4 Å². The van der Waals surface area contributed by atoms with Gasteiger partial charge in [0.05, 0.1) is 17.4 Å². The molecule has 1 N–H and O–H groups in total. The quantitative estimate of drug-likeness (QED) is 0.888. The van der Waals surface area contributed by atoms with Crippen LogP contribution in [0, 0.1) is 5.92 Å². The molecular weight excluding hydrogens is 320 g/mol. The van der Waals surface area contributed by atoms with Crippen molar-refractivity contribution in [2.24, 2.45) is 5.92 Å². The van der Waals surface area contributed by atoms with Gasteiger partial charge < -0.3 is 5.32 Å². The first-order valence-electron chi connectivity index (χ1n) is 7.72. The summed E-state index contributed by atoms with van der Waals surface area (Å²) in [6, 6.07) is 2.44. The molecule has 3 rings (SSSR count). The van der Waals surface area contributed by atoms with Gasteiger partial charge in [-0.05, 0) is 36.8 Å². The van der Waals surface area contributed by atoms with Gasteiger partial charge in [-0.15, -0.1) is 11.3 Å². The molecule has 2 aliphatic heterocycles. The molecule has 0 aliphatic carbocycles. The summed E-state index contributed by atoms with van der Waals surface area (Å²) >= 11 is 1.82. The van der Waals surface area contributed by atoms with Gasteiger partial charge in [-0.3, -0.25) is 9.69 Å². The van der Waals surface area contributed by atoms with E-state index in [1.165, 1.54) is 10.4 Å². The number of fused-ring (bicyclic) bond motifs is 1. The van der Waals surface area contributed by atoms with E-state index in [9.17, 15) is 13.2 Å². The van der Waals surface area contributed by atoms with Crippen molar-refractivity contribution in [3.05, 3.63) is 21.9 Å². The van der Waals surface area contributed by atoms with E-state index in [0.717, 1.165) is 19.5 Å². The largest absolute Gasteiger partial charge is 0.354 e. The zero-order valence-corrected chi connectivity index (χ0v) is 14.4. The highest BCUT2D eigenvalue weighted by molar-refractivity contribution is 7.91. The summed E-state index contributed by atoms with van der Waals surface area (Å²) in [7, 11) is -3.00. The fourth-order valence-corrected chi connectivity index (χ4v) is 5.80. The molecule has 1 aromatic heterocycles. The number of nitrogens with one attached hydrogen (secondary N) is 1. The third-order valence-electron chi connectivity index (χ3n) is 4.64. The second kappa shape index (κ2) is 6.29. The van der Waals surface area contributed by atoms with Crippen LogP contribution < -0.4 is 5.32 Å². The van der Waals surface area contributed by atoms with Crippen molar-refractivity contribution in [2.75, 3.05) is 24.6 Å². The van der Waals surface area contributed by atoms with Gasteiger partial charge in [0.25, 0.3) is 0 Å². The van der Waals surface area contributed by atoms with Crippen LogP contribution in [-0.4, -0.2) is 49.9 Å². The van der Waals surface area contributed by atoms with E-state index >= 15 is 0 Å². The Morgan fingerprint density at radius 3 is 3.09 bits per heavy atom. The van der Waals surface area contributed by atoms with Crippen molar-refractivity contribution in [3.8, 4) is 0 Å². The monoisotopic (exact) mass is 342 g/mol. The summed E-state index contributed by atoms with van der Waals surface area (Å²) in [5, 5.41) is 5.07. The highest BCUT2D eigenvalue weighted by Crippen LogP contribution is 2.25. The lowest BCUT2D eigenvalue weighted by Crippen LogP contribution is -2.45. The Balaban J connectivity index is 1.49. The maximum absolute atomic E-state index is 12.1. The van der Waals surface area contributed by atoms with Gasteiger partial charge in [0.15, 0.2) is 9.84 Å². The van der Waals surface area contributed by atoms with E-state index < -0.39 is 9.84 Å². The van der Waals surface area contributed by atoms with Crippen molar-refractivity contribution >= 4 is 27.1 Å². The zero-order valence-electron chi connectivity index (χ0n) is 12.7. The van der Waals surface area contributed by atoms with Gasteiger partial charge in [0.2, 0.25) is 5.91 Å². The summed E-state index contributed by atoms with van der Waals surface area (Å²) in [5.41, 5.74) is 1.40. The molecule has 22 heavy (non-hydrogen) atoms. The van der Waals surface area contributed by atoms with Gasteiger partial charge in [0.1, 0.15) is 0 Å². The number of amides is 1. The first kappa shape index (κ1) is 16.0. The molecular formula is C15H22N2O3S2. The van der Waals surface area contributed by atoms with Crippen LogP contribution in [0.4, 0.5) is 0 Å². The molecule has 0 saturated carbocycles. The molecule has 5 nitrogen and oxygen atoms in total. The normalized spacial score (nSPS) is 25.6. The van der Waals surface area contributed by atoms with Gasteiger partial charge in [-0.2, -0.15) is 0 Å². The average molecular weight is 342 g/mol. The second-order valence-electron chi connectivity index (χ2n) is 6.28. The Kier molecular flexibility index (Phi) is 4.56. The van der Waals surface area contributed by atoms with Crippen molar-refractivity contribution in [1.82, 2.24) is 10.2 Å². The fourth-order valence-electron chi connectivity index (χ4n) is 3.17. The average Bonchev–Trinajstić information content (AvgIpc) is 3.09. The smallest absolute Gasteiger partial charge is 0.224 e. The number of sulfone groups is 1. The molecule has 2 aliphatic rings. The molecule has 1 fully saturated rings. The molecule has 122 valence electrons. The maximum Gasteiger partial charge on any atom is 0.224 e. The molecule has 0 aromatic carbocycles. The SMILES string of the molecule is C[C@H](CNC(=O)[C@@H]1CCS(=O)(=O)C1)N1CCc2sccc2C1. The number of thiophene rings is 1. The Morgan fingerprint density at radius 1 is 1.55 bits per heavy atom. The van der Waals surface area contributed by atoms with Crippen LogP contribution in [0.3, 0.4) is 0 Å². The molecule has 0 unspecified atom stereocenters. The molecule has 0 radical (unpaired) electrons. The van der Waals surface area contributed by atoms with Gasteiger partial charge >= 0.3 is 0 Å². The summed E-state index contributed by atoms with van der Waals surface area (Å²) in [4.78, 5) is 15.9. The minimum atomic E-state index is -3.00. The fraction of sp³-hybridized carbons (Fsp3) is 0.667. The van der Waals surface area contributed by atoms with Gasteiger partial charge in [-0.25, -0.2) is 8.42 Å². The lowest BCUT2D eigenvalue weighted by molar-refractivity contribution is -0.124. The molecule has 0 bridgehead atoms. The van der Waals surface area contributed by atoms with E-state index in [0.29, 0.717) is 13.0 Å². The molecule has 1 amide bonds. The number of carbonyl (C=O) groups is 1. The lowest BCUT2D eigenvalue weighted by Gasteiger charge is -2.32. The molecule has 1 saturated heterocycles. The Hall–Kier alpha value is -0.920. The van der Waals surface area contributed by atoms with E-state index in [2.05, 4.69) is 28.6 Å². The number of rotatable bonds is 4. The Labute approximate surface area is 135 Å². The van der Waals surface area contributed by atoms with Crippen molar-refractivity contribution < 1.29 is 13.2 Å². The van der Waals surface area contributed by atoms with Gasteiger partial charge in [-0.1, -0.05) is 0 Å². The highest BCUT2D eigenvalue weighted by atomic mass is 32.2. The highest BCUT2D eigenvalue weighted by Gasteiger charge is 2.33. The number of carbonyl (C=O) groups excluding carboxylic acids is 1. The second-order valence-corrected chi connectivity index (χ2v) is 9.51. The van der Waals surface area contributed by atoms with Crippen LogP contribution in [0.1, 0.15) is 23.8 Å². The molecule has 1 aromatic rings. The first-order valence-corrected chi connectivity index (χ1v) is 10.4. The van der Waals surface area contributed by atoms with Crippen LogP contribution in [0.5, 0.6) is 0 Å². The summed E-state index contributed by atoms with van der Waals surface area (Å²) in [5.74, 6) is -0.314. The van der Waals surface area contributed by atoms with E-state index in [1.54, 1.807) is 0 Å². The predicted molar refractivity (Wildman–Crippen MR) is 87.7 cm³/mol. The van der Waals surface area contributed by atoms with E-state index in [1.807, 2.05) is 11.3 Å². The predicted octanol–water partition coefficient (Wildman–Crippen LogP) is 1.05.